The molecule has 1 amide bonds. The summed E-state index contributed by atoms with van der Waals surface area (Å²) in [5.41, 5.74) is 0. The number of amides is 1. The Morgan fingerprint density at radius 2 is 2.21 bits per heavy atom. The highest BCUT2D eigenvalue weighted by molar-refractivity contribution is 6.30. The highest BCUT2D eigenvalue weighted by atomic mass is 35.5. The van der Waals surface area contributed by atoms with E-state index in [1.165, 1.54) is 12.8 Å². The zero-order valence-electron chi connectivity index (χ0n) is 10.8. The molecule has 19 heavy (non-hydrogen) atoms. The molecule has 104 valence electrons. The molecule has 1 aliphatic rings. The zero-order valence-corrected chi connectivity index (χ0v) is 11.6. The molecule has 4 nitrogen and oxygen atoms in total. The van der Waals surface area contributed by atoms with Crippen LogP contribution in [0.1, 0.15) is 19.3 Å². The van der Waals surface area contributed by atoms with Gasteiger partial charge >= 0.3 is 0 Å². The van der Waals surface area contributed by atoms with E-state index >= 15 is 0 Å². The maximum absolute atomic E-state index is 11.5. The molecule has 1 saturated carbocycles. The maximum Gasteiger partial charge on any atom is 0.257 e. The smallest absolute Gasteiger partial charge is 0.257 e. The molecule has 0 atom stereocenters. The Morgan fingerprint density at radius 3 is 2.95 bits per heavy atom. The van der Waals surface area contributed by atoms with Gasteiger partial charge < -0.3 is 15.4 Å². The van der Waals surface area contributed by atoms with Crippen molar-refractivity contribution in [3.8, 4) is 5.75 Å². The van der Waals surface area contributed by atoms with Gasteiger partial charge in [-0.1, -0.05) is 17.7 Å². The number of hydrogen-bond donors (Lipinski definition) is 2. The van der Waals surface area contributed by atoms with Crippen LogP contribution in [0.15, 0.2) is 24.3 Å². The Labute approximate surface area is 118 Å². The zero-order chi connectivity index (χ0) is 13.5. The fourth-order valence-corrected chi connectivity index (χ4v) is 1.85. The van der Waals surface area contributed by atoms with E-state index < -0.39 is 0 Å². The number of rotatable bonds is 8. The molecule has 0 aliphatic heterocycles. The summed E-state index contributed by atoms with van der Waals surface area (Å²) >= 11 is 5.82. The largest absolute Gasteiger partial charge is 0.484 e. The molecule has 0 bridgehead atoms. The van der Waals surface area contributed by atoms with E-state index in [0.29, 0.717) is 17.3 Å². The first-order valence-corrected chi connectivity index (χ1v) is 7.00. The first kappa shape index (κ1) is 14.2. The number of halogens is 1. The highest BCUT2D eigenvalue weighted by Gasteiger charge is 2.19. The lowest BCUT2D eigenvalue weighted by Crippen LogP contribution is -2.31. The fourth-order valence-electron chi connectivity index (χ4n) is 1.67. The summed E-state index contributed by atoms with van der Waals surface area (Å²) in [6.45, 7) is 1.66. The van der Waals surface area contributed by atoms with Gasteiger partial charge in [0.2, 0.25) is 0 Å². The van der Waals surface area contributed by atoms with E-state index in [1.54, 1.807) is 24.3 Å². The second-order valence-electron chi connectivity index (χ2n) is 4.68. The van der Waals surface area contributed by atoms with Crippen LogP contribution in [0, 0.1) is 0 Å². The van der Waals surface area contributed by atoms with Gasteiger partial charge in [0, 0.05) is 17.6 Å². The number of ether oxygens (including phenoxy) is 1. The molecule has 0 spiro atoms. The Hall–Kier alpha value is -1.26. The van der Waals surface area contributed by atoms with Crippen molar-refractivity contribution in [1.29, 1.82) is 0 Å². The molecule has 0 aromatic heterocycles. The van der Waals surface area contributed by atoms with Crippen molar-refractivity contribution in [1.82, 2.24) is 10.6 Å². The number of carbonyl (C=O) groups is 1. The quantitative estimate of drug-likeness (QED) is 0.717. The van der Waals surface area contributed by atoms with Crippen molar-refractivity contribution in [3.63, 3.8) is 0 Å². The van der Waals surface area contributed by atoms with Gasteiger partial charge in [0.25, 0.3) is 5.91 Å². The van der Waals surface area contributed by atoms with Gasteiger partial charge in [0.15, 0.2) is 6.61 Å². The van der Waals surface area contributed by atoms with Crippen LogP contribution in [-0.2, 0) is 4.79 Å². The van der Waals surface area contributed by atoms with E-state index in [0.717, 1.165) is 19.0 Å². The van der Waals surface area contributed by atoms with E-state index in [9.17, 15) is 4.79 Å². The van der Waals surface area contributed by atoms with Crippen molar-refractivity contribution >= 4 is 17.5 Å². The average molecular weight is 283 g/mol. The molecule has 2 rings (SSSR count). The SMILES string of the molecule is O=C(COc1cccc(Cl)c1)NCCCNC1CC1. The Kier molecular flexibility index (Phi) is 5.48. The summed E-state index contributed by atoms with van der Waals surface area (Å²) in [5, 5.41) is 6.82. The van der Waals surface area contributed by atoms with Gasteiger partial charge in [0.05, 0.1) is 0 Å². The van der Waals surface area contributed by atoms with E-state index in [1.807, 2.05) is 0 Å². The first-order chi connectivity index (χ1) is 9.24. The van der Waals surface area contributed by atoms with Crippen molar-refractivity contribution in [3.05, 3.63) is 29.3 Å². The molecule has 2 N–H and O–H groups in total. The third kappa shape index (κ3) is 5.94. The predicted molar refractivity (Wildman–Crippen MR) is 75.6 cm³/mol. The van der Waals surface area contributed by atoms with Crippen molar-refractivity contribution in [2.75, 3.05) is 19.7 Å². The molecule has 0 saturated heterocycles. The minimum Gasteiger partial charge on any atom is -0.484 e. The lowest BCUT2D eigenvalue weighted by molar-refractivity contribution is -0.123. The molecule has 1 fully saturated rings. The second kappa shape index (κ2) is 7.36. The fraction of sp³-hybridized carbons (Fsp3) is 0.500. The second-order valence-corrected chi connectivity index (χ2v) is 5.11. The van der Waals surface area contributed by atoms with Gasteiger partial charge in [0.1, 0.15) is 5.75 Å². The molecule has 1 aromatic rings. The lowest BCUT2D eigenvalue weighted by Gasteiger charge is -2.08. The molecule has 0 unspecified atom stereocenters. The first-order valence-electron chi connectivity index (χ1n) is 6.62. The maximum atomic E-state index is 11.5. The van der Waals surface area contributed by atoms with Crippen LogP contribution in [0.25, 0.3) is 0 Å². The Morgan fingerprint density at radius 1 is 1.37 bits per heavy atom. The van der Waals surface area contributed by atoms with Gasteiger partial charge in [-0.2, -0.15) is 0 Å². The van der Waals surface area contributed by atoms with Crippen LogP contribution in [0.3, 0.4) is 0 Å². The predicted octanol–water partition coefficient (Wildman–Crippen LogP) is 1.98. The van der Waals surface area contributed by atoms with E-state index in [4.69, 9.17) is 16.3 Å². The Balaban J connectivity index is 1.53. The summed E-state index contributed by atoms with van der Waals surface area (Å²) in [7, 11) is 0. The Bertz CT molecular complexity index is 422. The third-order valence-corrected chi connectivity index (χ3v) is 3.09. The van der Waals surface area contributed by atoms with Crippen LogP contribution in [0.4, 0.5) is 0 Å². The normalized spacial score (nSPS) is 14.2. The number of benzene rings is 1. The standard InChI is InChI=1S/C14H19ClN2O2/c15-11-3-1-4-13(9-11)19-10-14(18)17-8-2-7-16-12-5-6-12/h1,3-4,9,12,16H,2,5-8,10H2,(H,17,18). The average Bonchev–Trinajstić information content (AvgIpc) is 3.20. The van der Waals surface area contributed by atoms with Gasteiger partial charge in [-0.05, 0) is 44.0 Å². The summed E-state index contributed by atoms with van der Waals surface area (Å²) in [6, 6.07) is 7.75. The molecule has 5 heteroatoms. The summed E-state index contributed by atoms with van der Waals surface area (Å²) in [4.78, 5) is 11.5. The van der Waals surface area contributed by atoms with Crippen LogP contribution >= 0.6 is 11.6 Å². The monoisotopic (exact) mass is 282 g/mol. The van der Waals surface area contributed by atoms with Crippen LogP contribution < -0.4 is 15.4 Å². The highest BCUT2D eigenvalue weighted by Crippen LogP contribution is 2.18. The lowest BCUT2D eigenvalue weighted by atomic mass is 10.3. The van der Waals surface area contributed by atoms with E-state index in [-0.39, 0.29) is 12.5 Å². The van der Waals surface area contributed by atoms with Gasteiger partial charge in [-0.25, -0.2) is 0 Å². The summed E-state index contributed by atoms with van der Waals surface area (Å²) in [5.74, 6) is 0.504. The van der Waals surface area contributed by atoms with Crippen LogP contribution in [0.5, 0.6) is 5.75 Å². The number of nitrogens with one attached hydrogen (secondary N) is 2. The minimum atomic E-state index is -0.105. The molecule has 1 aliphatic carbocycles. The summed E-state index contributed by atoms with van der Waals surface area (Å²) in [6.07, 6.45) is 3.53. The summed E-state index contributed by atoms with van der Waals surface area (Å²) < 4.78 is 5.34. The van der Waals surface area contributed by atoms with Crippen molar-refractivity contribution in [2.45, 2.75) is 25.3 Å². The third-order valence-electron chi connectivity index (χ3n) is 2.85. The van der Waals surface area contributed by atoms with Crippen molar-refractivity contribution in [2.24, 2.45) is 0 Å². The molecular weight excluding hydrogens is 264 g/mol. The molecule has 0 heterocycles. The number of hydrogen-bond acceptors (Lipinski definition) is 3. The minimum absolute atomic E-state index is 0.0242. The van der Waals surface area contributed by atoms with Gasteiger partial charge in [-0.15, -0.1) is 0 Å². The topological polar surface area (TPSA) is 50.4 Å². The molecule has 1 aromatic carbocycles. The molecule has 0 radical (unpaired) electrons. The van der Waals surface area contributed by atoms with Gasteiger partial charge in [-0.3, -0.25) is 4.79 Å². The number of carbonyl (C=O) groups excluding carboxylic acids is 1. The van der Waals surface area contributed by atoms with E-state index in [2.05, 4.69) is 10.6 Å². The van der Waals surface area contributed by atoms with Crippen LogP contribution in [0.2, 0.25) is 5.02 Å². The molecular formula is C14H19ClN2O2. The van der Waals surface area contributed by atoms with Crippen molar-refractivity contribution < 1.29 is 9.53 Å². The van der Waals surface area contributed by atoms with Crippen LogP contribution in [-0.4, -0.2) is 31.6 Å².